The van der Waals surface area contributed by atoms with E-state index in [4.69, 9.17) is 13.6 Å². The molecule has 0 spiro atoms. The highest BCUT2D eigenvalue weighted by molar-refractivity contribution is 7.49. The number of para-hydroxylation sites is 2. The molecule has 0 unspecified atom stereocenters. The highest BCUT2D eigenvalue weighted by Gasteiger charge is 2.30. The van der Waals surface area contributed by atoms with Gasteiger partial charge < -0.3 is 9.05 Å². The molecule has 2 aromatic carbocycles. The van der Waals surface area contributed by atoms with E-state index >= 15 is 0 Å². The maximum atomic E-state index is 13.1. The minimum atomic E-state index is -3.73. The molecule has 2 aromatic rings. The Hall–Kier alpha value is -1.77. The van der Waals surface area contributed by atoms with Gasteiger partial charge >= 0.3 is 7.82 Å². The SMILES string of the molecule is CC(C)CCCCCCOP(=O)(Oc1ccccc1)Oc1ccccc1. The van der Waals surface area contributed by atoms with E-state index < -0.39 is 7.82 Å². The molecule has 0 aliphatic rings. The van der Waals surface area contributed by atoms with Gasteiger partial charge in [-0.1, -0.05) is 75.9 Å². The smallest absolute Gasteiger partial charge is 0.395 e. The van der Waals surface area contributed by atoms with Gasteiger partial charge in [-0.15, -0.1) is 0 Å². The van der Waals surface area contributed by atoms with Gasteiger partial charge in [-0.2, -0.15) is 0 Å². The molecule has 0 aliphatic carbocycles. The molecule has 142 valence electrons. The zero-order valence-corrected chi connectivity index (χ0v) is 16.6. The van der Waals surface area contributed by atoms with Gasteiger partial charge in [-0.25, -0.2) is 4.57 Å². The fourth-order valence-electron chi connectivity index (χ4n) is 2.48. The second-order valence-corrected chi connectivity index (χ2v) is 8.20. The van der Waals surface area contributed by atoms with Crippen LogP contribution in [0.15, 0.2) is 60.7 Å². The van der Waals surface area contributed by atoms with Gasteiger partial charge in [0.1, 0.15) is 11.5 Å². The standard InChI is InChI=1S/C21H29O4P/c1-19(2)13-7-3-4-12-18-23-26(22,24-20-14-8-5-9-15-20)25-21-16-10-6-11-17-21/h5-6,8-11,14-17,19H,3-4,7,12-13,18H2,1-2H3. The summed E-state index contributed by atoms with van der Waals surface area (Å²) in [7, 11) is -3.73. The van der Waals surface area contributed by atoms with Crippen LogP contribution in [-0.4, -0.2) is 6.61 Å². The minimum absolute atomic E-state index is 0.346. The van der Waals surface area contributed by atoms with E-state index in [0.29, 0.717) is 18.1 Å². The van der Waals surface area contributed by atoms with Crippen molar-refractivity contribution in [2.24, 2.45) is 5.92 Å². The molecule has 2 rings (SSSR count). The Balaban J connectivity index is 1.87. The van der Waals surface area contributed by atoms with E-state index in [1.54, 1.807) is 24.3 Å². The lowest BCUT2D eigenvalue weighted by atomic mass is 10.0. The van der Waals surface area contributed by atoms with E-state index in [9.17, 15) is 4.57 Å². The van der Waals surface area contributed by atoms with Crippen molar-refractivity contribution < 1.29 is 18.1 Å². The summed E-state index contributed by atoms with van der Waals surface area (Å²) in [6.45, 7) is 4.82. The molecule has 0 amide bonds. The molecule has 0 aromatic heterocycles. The zero-order chi connectivity index (χ0) is 18.7. The molecule has 0 atom stereocenters. The lowest BCUT2D eigenvalue weighted by molar-refractivity contribution is 0.205. The van der Waals surface area contributed by atoms with Gasteiger partial charge in [0.05, 0.1) is 6.61 Å². The number of hydrogen-bond donors (Lipinski definition) is 0. The van der Waals surface area contributed by atoms with Crippen LogP contribution in [0.25, 0.3) is 0 Å². The molecule has 26 heavy (non-hydrogen) atoms. The molecule has 0 fully saturated rings. The molecule has 0 saturated carbocycles. The van der Waals surface area contributed by atoms with Crippen molar-refractivity contribution in [2.45, 2.75) is 46.0 Å². The van der Waals surface area contributed by atoms with E-state index in [1.165, 1.54) is 12.8 Å². The fourth-order valence-corrected chi connectivity index (χ4v) is 3.73. The van der Waals surface area contributed by atoms with Gasteiger partial charge in [0.2, 0.25) is 0 Å². The van der Waals surface area contributed by atoms with Crippen LogP contribution in [-0.2, 0) is 9.09 Å². The van der Waals surface area contributed by atoms with Crippen LogP contribution in [0.3, 0.4) is 0 Å². The van der Waals surface area contributed by atoms with E-state index in [2.05, 4.69) is 13.8 Å². The Morgan fingerprint density at radius 3 is 1.77 bits per heavy atom. The first-order valence-corrected chi connectivity index (χ1v) is 10.8. The van der Waals surface area contributed by atoms with Crippen LogP contribution >= 0.6 is 7.82 Å². The zero-order valence-electron chi connectivity index (χ0n) is 15.7. The Morgan fingerprint density at radius 2 is 1.27 bits per heavy atom. The van der Waals surface area contributed by atoms with Crippen LogP contribution in [0.2, 0.25) is 0 Å². The lowest BCUT2D eigenvalue weighted by Crippen LogP contribution is -2.06. The molecular weight excluding hydrogens is 347 g/mol. The first kappa shape index (κ1) is 20.5. The maximum Gasteiger partial charge on any atom is 0.587 e. The molecule has 0 N–H and O–H groups in total. The predicted molar refractivity (Wildman–Crippen MR) is 106 cm³/mol. The third-order valence-electron chi connectivity index (χ3n) is 3.85. The first-order valence-electron chi connectivity index (χ1n) is 9.31. The second kappa shape index (κ2) is 11.1. The molecule has 5 heteroatoms. The summed E-state index contributed by atoms with van der Waals surface area (Å²) in [5, 5.41) is 0. The average molecular weight is 376 g/mol. The van der Waals surface area contributed by atoms with Crippen LogP contribution < -0.4 is 9.05 Å². The molecule has 0 aliphatic heterocycles. The first-order chi connectivity index (χ1) is 12.6. The van der Waals surface area contributed by atoms with Crippen LogP contribution in [0.1, 0.15) is 46.0 Å². The van der Waals surface area contributed by atoms with Gasteiger partial charge in [-0.05, 0) is 36.6 Å². The Labute approximate surface area is 157 Å². The van der Waals surface area contributed by atoms with Crippen molar-refractivity contribution in [3.8, 4) is 11.5 Å². The summed E-state index contributed by atoms with van der Waals surface area (Å²) in [6, 6.07) is 17.9. The van der Waals surface area contributed by atoms with Gasteiger partial charge in [-0.3, -0.25) is 4.52 Å². The summed E-state index contributed by atoms with van der Waals surface area (Å²) >= 11 is 0. The minimum Gasteiger partial charge on any atom is -0.395 e. The summed E-state index contributed by atoms with van der Waals surface area (Å²) in [6.07, 6.45) is 5.50. The van der Waals surface area contributed by atoms with Crippen LogP contribution in [0.5, 0.6) is 11.5 Å². The lowest BCUT2D eigenvalue weighted by Gasteiger charge is -2.19. The van der Waals surface area contributed by atoms with Crippen molar-refractivity contribution in [1.82, 2.24) is 0 Å². The number of unbranched alkanes of at least 4 members (excludes halogenated alkanes) is 3. The Bertz CT molecular complexity index is 613. The van der Waals surface area contributed by atoms with Crippen molar-refractivity contribution in [2.75, 3.05) is 6.61 Å². The Kier molecular flexibility index (Phi) is 8.73. The molecular formula is C21H29O4P. The molecule has 0 radical (unpaired) electrons. The van der Waals surface area contributed by atoms with Gasteiger partial charge in [0, 0.05) is 0 Å². The summed E-state index contributed by atoms with van der Waals surface area (Å²) < 4.78 is 29.8. The monoisotopic (exact) mass is 376 g/mol. The largest absolute Gasteiger partial charge is 0.587 e. The second-order valence-electron chi connectivity index (χ2n) is 6.69. The van der Waals surface area contributed by atoms with Crippen LogP contribution in [0.4, 0.5) is 0 Å². The van der Waals surface area contributed by atoms with Gasteiger partial charge in [0.15, 0.2) is 0 Å². The highest BCUT2D eigenvalue weighted by Crippen LogP contribution is 2.49. The third-order valence-corrected chi connectivity index (χ3v) is 5.21. The topological polar surface area (TPSA) is 44.8 Å². The number of phosphoric acid groups is 1. The van der Waals surface area contributed by atoms with E-state index in [0.717, 1.165) is 25.2 Å². The number of rotatable bonds is 12. The highest BCUT2D eigenvalue weighted by atomic mass is 31.2. The van der Waals surface area contributed by atoms with Gasteiger partial charge in [0.25, 0.3) is 0 Å². The normalized spacial score (nSPS) is 11.5. The van der Waals surface area contributed by atoms with Crippen molar-refractivity contribution in [1.29, 1.82) is 0 Å². The summed E-state index contributed by atoms with van der Waals surface area (Å²) in [5.74, 6) is 1.66. The van der Waals surface area contributed by atoms with Crippen LogP contribution in [0, 0.1) is 5.92 Å². The van der Waals surface area contributed by atoms with E-state index in [-0.39, 0.29) is 0 Å². The summed E-state index contributed by atoms with van der Waals surface area (Å²) in [4.78, 5) is 0. The molecule has 0 bridgehead atoms. The third kappa shape index (κ3) is 8.07. The molecule has 0 heterocycles. The Morgan fingerprint density at radius 1 is 0.769 bits per heavy atom. The predicted octanol–water partition coefficient (Wildman–Crippen LogP) is 6.88. The average Bonchev–Trinajstić information content (AvgIpc) is 2.62. The number of phosphoric ester groups is 1. The maximum absolute atomic E-state index is 13.1. The van der Waals surface area contributed by atoms with E-state index in [1.807, 2.05) is 36.4 Å². The molecule has 0 saturated heterocycles. The molecule has 4 nitrogen and oxygen atoms in total. The number of benzene rings is 2. The van der Waals surface area contributed by atoms with Crippen molar-refractivity contribution in [3.63, 3.8) is 0 Å². The fraction of sp³-hybridized carbons (Fsp3) is 0.429. The summed E-state index contributed by atoms with van der Waals surface area (Å²) in [5.41, 5.74) is 0. The van der Waals surface area contributed by atoms with Crippen molar-refractivity contribution in [3.05, 3.63) is 60.7 Å². The number of hydrogen-bond acceptors (Lipinski definition) is 4. The van der Waals surface area contributed by atoms with Crippen molar-refractivity contribution >= 4 is 7.82 Å². The quantitative estimate of drug-likeness (QED) is 0.299.